The van der Waals surface area contributed by atoms with Crippen LogP contribution in [0.2, 0.25) is 0 Å². The molecule has 0 fully saturated rings. The lowest BCUT2D eigenvalue weighted by atomic mass is 10.1. The van der Waals surface area contributed by atoms with Crippen LogP contribution < -0.4 is 0 Å². The number of rotatable bonds is 2. The van der Waals surface area contributed by atoms with Crippen molar-refractivity contribution in [3.05, 3.63) is 45.4 Å². The molecule has 4 rings (SSSR count). The van der Waals surface area contributed by atoms with Crippen LogP contribution in [0.5, 0.6) is 0 Å². The van der Waals surface area contributed by atoms with Crippen LogP contribution in [0.4, 0.5) is 0 Å². The summed E-state index contributed by atoms with van der Waals surface area (Å²) in [5.74, 6) is 0.0996. The molecule has 0 N–H and O–H groups in total. The van der Waals surface area contributed by atoms with Gasteiger partial charge in [-0.05, 0) is 42.3 Å². The van der Waals surface area contributed by atoms with Gasteiger partial charge in [0.25, 0.3) is 0 Å². The Morgan fingerprint density at radius 2 is 2.29 bits per heavy atom. The number of hydrogen-bond acceptors (Lipinski definition) is 3. The second kappa shape index (κ2) is 5.15. The summed E-state index contributed by atoms with van der Waals surface area (Å²) in [5, 5.41) is 6.69. The van der Waals surface area contributed by atoms with Crippen LogP contribution in [-0.4, -0.2) is 27.1 Å². The minimum absolute atomic E-state index is 0.0996. The predicted octanol–water partition coefficient (Wildman–Crippen LogP) is 2.49. The Hall–Kier alpha value is -1.88. The number of nitrogens with zero attached hydrogens (tertiary/aromatic N) is 3. The Bertz CT molecular complexity index is 699. The molecule has 2 aromatic heterocycles. The number of carbonyl (C=O) groups excluding carboxylic acids is 1. The number of aromatic nitrogens is 2. The van der Waals surface area contributed by atoms with E-state index < -0.39 is 0 Å². The Morgan fingerprint density at radius 1 is 1.33 bits per heavy atom. The molecule has 108 valence electrons. The molecule has 0 bridgehead atoms. The second-order valence-corrected chi connectivity index (χ2v) is 6.54. The van der Waals surface area contributed by atoms with Gasteiger partial charge in [0.05, 0.1) is 24.5 Å². The molecular formula is C16H17N3OS. The van der Waals surface area contributed by atoms with Gasteiger partial charge in [-0.25, -0.2) is 0 Å². The van der Waals surface area contributed by atoms with Crippen molar-refractivity contribution in [1.29, 1.82) is 0 Å². The summed E-state index contributed by atoms with van der Waals surface area (Å²) in [5.41, 5.74) is 3.91. The average molecular weight is 299 g/mol. The van der Waals surface area contributed by atoms with Gasteiger partial charge in [-0.2, -0.15) is 5.10 Å². The Balaban J connectivity index is 1.51. The molecule has 0 saturated carbocycles. The normalized spacial score (nSPS) is 17.2. The van der Waals surface area contributed by atoms with E-state index in [4.69, 9.17) is 0 Å². The highest BCUT2D eigenvalue weighted by atomic mass is 32.1. The quantitative estimate of drug-likeness (QED) is 0.799. The molecule has 0 atom stereocenters. The molecule has 1 amide bonds. The van der Waals surface area contributed by atoms with Gasteiger partial charge in [0.1, 0.15) is 0 Å². The van der Waals surface area contributed by atoms with Gasteiger partial charge in [-0.1, -0.05) is 6.07 Å². The summed E-state index contributed by atoms with van der Waals surface area (Å²) in [7, 11) is 0. The van der Waals surface area contributed by atoms with E-state index in [0.717, 1.165) is 30.8 Å². The molecule has 0 spiro atoms. The van der Waals surface area contributed by atoms with Crippen LogP contribution >= 0.6 is 11.3 Å². The highest BCUT2D eigenvalue weighted by Crippen LogP contribution is 2.27. The number of amides is 1. The van der Waals surface area contributed by atoms with Crippen LogP contribution in [0.1, 0.15) is 28.2 Å². The maximum Gasteiger partial charge on any atom is 0.247 e. The molecule has 0 aromatic carbocycles. The lowest BCUT2D eigenvalue weighted by Crippen LogP contribution is -2.37. The van der Waals surface area contributed by atoms with Crippen LogP contribution in [-0.2, 0) is 30.7 Å². The molecule has 1 aliphatic heterocycles. The van der Waals surface area contributed by atoms with Gasteiger partial charge in [-0.3, -0.25) is 9.48 Å². The molecule has 3 heterocycles. The topological polar surface area (TPSA) is 38.1 Å². The Labute approximate surface area is 127 Å². The molecule has 0 radical (unpaired) electrons. The SMILES string of the molecule is O=C(/C=C/c1cccs1)N1CCn2nc3c(c2C1)CCC3. The third-order valence-corrected chi connectivity index (χ3v) is 5.09. The lowest BCUT2D eigenvalue weighted by Gasteiger charge is -2.27. The first-order valence-electron chi connectivity index (χ1n) is 7.39. The highest BCUT2D eigenvalue weighted by molar-refractivity contribution is 7.10. The molecule has 0 saturated heterocycles. The van der Waals surface area contributed by atoms with E-state index in [-0.39, 0.29) is 5.91 Å². The van der Waals surface area contributed by atoms with Crippen LogP contribution in [0, 0.1) is 0 Å². The van der Waals surface area contributed by atoms with Crippen molar-refractivity contribution in [2.45, 2.75) is 32.4 Å². The number of hydrogen-bond donors (Lipinski definition) is 0. The molecule has 2 aliphatic rings. The fraction of sp³-hybridized carbons (Fsp3) is 0.375. The largest absolute Gasteiger partial charge is 0.331 e. The first kappa shape index (κ1) is 12.8. The summed E-state index contributed by atoms with van der Waals surface area (Å²) in [6, 6.07) is 4.02. The molecular weight excluding hydrogens is 282 g/mol. The summed E-state index contributed by atoms with van der Waals surface area (Å²) in [6.45, 7) is 2.28. The van der Waals surface area contributed by atoms with Crippen molar-refractivity contribution in [1.82, 2.24) is 14.7 Å². The van der Waals surface area contributed by atoms with Crippen molar-refractivity contribution in [2.75, 3.05) is 6.54 Å². The van der Waals surface area contributed by atoms with Crippen molar-refractivity contribution in [2.24, 2.45) is 0 Å². The molecule has 0 unspecified atom stereocenters. The smallest absolute Gasteiger partial charge is 0.247 e. The third-order valence-electron chi connectivity index (χ3n) is 4.26. The number of carbonyl (C=O) groups is 1. The van der Waals surface area contributed by atoms with Crippen LogP contribution in [0.15, 0.2) is 23.6 Å². The van der Waals surface area contributed by atoms with Crippen molar-refractivity contribution >= 4 is 23.3 Å². The third kappa shape index (κ3) is 2.31. The van der Waals surface area contributed by atoms with E-state index in [9.17, 15) is 4.79 Å². The Kier molecular flexibility index (Phi) is 3.15. The minimum Gasteiger partial charge on any atom is -0.331 e. The zero-order chi connectivity index (χ0) is 14.2. The van der Waals surface area contributed by atoms with Gasteiger partial charge in [0.2, 0.25) is 5.91 Å². The molecule has 21 heavy (non-hydrogen) atoms. The van der Waals surface area contributed by atoms with E-state index in [1.165, 1.54) is 23.4 Å². The fourth-order valence-corrected chi connectivity index (χ4v) is 3.80. The second-order valence-electron chi connectivity index (χ2n) is 5.56. The first-order valence-corrected chi connectivity index (χ1v) is 8.27. The predicted molar refractivity (Wildman–Crippen MR) is 83.0 cm³/mol. The van der Waals surface area contributed by atoms with Gasteiger partial charge < -0.3 is 4.90 Å². The van der Waals surface area contributed by atoms with Gasteiger partial charge in [-0.15, -0.1) is 11.3 Å². The van der Waals surface area contributed by atoms with E-state index in [2.05, 4.69) is 9.78 Å². The maximum absolute atomic E-state index is 12.3. The standard InChI is InChI=1S/C16H17N3OS/c20-16(7-6-12-3-2-10-21-12)18-8-9-19-15(11-18)13-4-1-5-14(13)17-19/h2-3,6-7,10H,1,4-5,8-9,11H2/b7-6+. The first-order chi connectivity index (χ1) is 10.3. The minimum atomic E-state index is 0.0996. The fourth-order valence-electron chi connectivity index (χ4n) is 3.18. The van der Waals surface area contributed by atoms with E-state index in [1.807, 2.05) is 28.5 Å². The van der Waals surface area contributed by atoms with Crippen LogP contribution in [0.3, 0.4) is 0 Å². The molecule has 2 aromatic rings. The molecule has 1 aliphatic carbocycles. The van der Waals surface area contributed by atoms with E-state index in [0.29, 0.717) is 6.54 Å². The zero-order valence-electron chi connectivity index (χ0n) is 11.8. The number of aryl methyl sites for hydroxylation is 1. The lowest BCUT2D eigenvalue weighted by molar-refractivity contribution is -0.127. The van der Waals surface area contributed by atoms with Gasteiger partial charge in [0.15, 0.2) is 0 Å². The van der Waals surface area contributed by atoms with Crippen molar-refractivity contribution in [3.8, 4) is 0 Å². The maximum atomic E-state index is 12.3. The summed E-state index contributed by atoms with van der Waals surface area (Å²) >= 11 is 1.65. The summed E-state index contributed by atoms with van der Waals surface area (Å²) in [6.07, 6.45) is 7.03. The highest BCUT2D eigenvalue weighted by Gasteiger charge is 2.27. The molecule has 4 nitrogen and oxygen atoms in total. The van der Waals surface area contributed by atoms with Crippen molar-refractivity contribution < 1.29 is 4.79 Å². The zero-order valence-corrected chi connectivity index (χ0v) is 12.6. The van der Waals surface area contributed by atoms with Gasteiger partial charge >= 0.3 is 0 Å². The van der Waals surface area contributed by atoms with Crippen molar-refractivity contribution in [3.63, 3.8) is 0 Å². The monoisotopic (exact) mass is 299 g/mol. The van der Waals surface area contributed by atoms with Gasteiger partial charge in [0, 0.05) is 17.5 Å². The van der Waals surface area contributed by atoms with E-state index >= 15 is 0 Å². The number of thiophene rings is 1. The Morgan fingerprint density at radius 3 is 3.14 bits per heavy atom. The molecule has 5 heteroatoms. The summed E-state index contributed by atoms with van der Waals surface area (Å²) < 4.78 is 2.11. The summed E-state index contributed by atoms with van der Waals surface area (Å²) in [4.78, 5) is 15.4. The van der Waals surface area contributed by atoms with Crippen LogP contribution in [0.25, 0.3) is 6.08 Å². The van der Waals surface area contributed by atoms with E-state index in [1.54, 1.807) is 17.4 Å². The number of fused-ring (bicyclic) bond motifs is 3. The average Bonchev–Trinajstić information content (AvgIpc) is 3.20.